The Kier molecular flexibility index (Phi) is 8.64. The van der Waals surface area contributed by atoms with Gasteiger partial charge in [-0.2, -0.15) is 0 Å². The summed E-state index contributed by atoms with van der Waals surface area (Å²) in [5.41, 5.74) is -0.825. The molecule has 0 unspecified atom stereocenters. The van der Waals surface area contributed by atoms with Crippen LogP contribution in [0.15, 0.2) is 0 Å². The van der Waals surface area contributed by atoms with E-state index in [-0.39, 0.29) is 16.7 Å². The van der Waals surface area contributed by atoms with Gasteiger partial charge in [-0.15, -0.1) is 0 Å². The van der Waals surface area contributed by atoms with E-state index in [1.165, 1.54) is 0 Å². The topological polar surface area (TPSA) is 49.7 Å². The van der Waals surface area contributed by atoms with Crippen molar-refractivity contribution in [3.63, 3.8) is 0 Å². The van der Waals surface area contributed by atoms with Gasteiger partial charge < -0.3 is 14.9 Å². The third kappa shape index (κ3) is 6.29. The van der Waals surface area contributed by atoms with E-state index in [9.17, 15) is 5.11 Å². The number of thiocarbonyl (C=S) groups is 2. The van der Waals surface area contributed by atoms with Gasteiger partial charge in [0.25, 0.3) is 0 Å². The van der Waals surface area contributed by atoms with E-state index >= 15 is 0 Å². The van der Waals surface area contributed by atoms with Crippen molar-refractivity contribution in [1.29, 1.82) is 0 Å². The zero-order chi connectivity index (χ0) is 13.3. The molecule has 2 N–H and O–H groups in total. The highest BCUT2D eigenvalue weighted by atomic mass is 32.1. The summed E-state index contributed by atoms with van der Waals surface area (Å²) in [5, 5.41) is 18.4. The number of hydrogen-bond acceptors (Lipinski definition) is 3. The molecule has 0 aromatic carbocycles. The maximum Gasteiger partial charge on any atom is 0.189 e. The smallest absolute Gasteiger partial charge is 0.189 e. The van der Waals surface area contributed by atoms with Crippen LogP contribution in [0.1, 0.15) is 52.4 Å². The first-order valence-corrected chi connectivity index (χ1v) is 6.89. The van der Waals surface area contributed by atoms with Gasteiger partial charge in [0.15, 0.2) is 10.1 Å². The van der Waals surface area contributed by atoms with Crippen LogP contribution in [-0.4, -0.2) is 32.5 Å². The number of rotatable bonds is 10. The second kappa shape index (κ2) is 8.78. The van der Waals surface area contributed by atoms with Gasteiger partial charge in [-0.05, 0) is 37.3 Å². The lowest BCUT2D eigenvalue weighted by atomic mass is 9.91. The highest BCUT2D eigenvalue weighted by Crippen LogP contribution is 2.27. The maximum absolute atomic E-state index is 9.71. The highest BCUT2D eigenvalue weighted by Gasteiger charge is 2.35. The van der Waals surface area contributed by atoms with Crippen LogP contribution in [0.25, 0.3) is 0 Å². The lowest BCUT2D eigenvalue weighted by Crippen LogP contribution is -2.42. The Morgan fingerprint density at radius 1 is 1.06 bits per heavy atom. The van der Waals surface area contributed by atoms with Crippen LogP contribution in [0.3, 0.4) is 0 Å². The zero-order valence-electron chi connectivity index (χ0n) is 10.6. The van der Waals surface area contributed by atoms with Crippen molar-refractivity contribution >= 4 is 34.5 Å². The average molecular weight is 278 g/mol. The van der Waals surface area contributed by atoms with Gasteiger partial charge in [-0.25, -0.2) is 0 Å². The Bertz CT molecular complexity index is 246. The van der Waals surface area contributed by atoms with Crippen molar-refractivity contribution in [2.75, 3.05) is 6.61 Å². The zero-order valence-corrected chi connectivity index (χ0v) is 12.2. The number of aliphatic hydroxyl groups excluding tert-OH is 2. The lowest BCUT2D eigenvalue weighted by molar-refractivity contribution is 0.00148. The van der Waals surface area contributed by atoms with E-state index in [2.05, 4.69) is 26.1 Å². The molecular formula is C12H22O3S2. The molecule has 0 radical (unpaired) electrons. The molecule has 100 valence electrons. The summed E-state index contributed by atoms with van der Waals surface area (Å²) in [7, 11) is 0. The van der Waals surface area contributed by atoms with Gasteiger partial charge in [0.05, 0.1) is 0 Å². The van der Waals surface area contributed by atoms with Gasteiger partial charge in [0, 0.05) is 0 Å². The second-order valence-electron chi connectivity index (χ2n) is 4.19. The predicted molar refractivity (Wildman–Crippen MR) is 78.2 cm³/mol. The molecule has 0 aromatic rings. The van der Waals surface area contributed by atoms with E-state index in [0.29, 0.717) is 12.8 Å². The van der Waals surface area contributed by atoms with Crippen LogP contribution in [-0.2, 0) is 4.74 Å². The van der Waals surface area contributed by atoms with Crippen molar-refractivity contribution in [2.24, 2.45) is 0 Å². The van der Waals surface area contributed by atoms with Crippen molar-refractivity contribution in [1.82, 2.24) is 0 Å². The first-order chi connectivity index (χ1) is 7.98. The number of hydrogen-bond donors (Lipinski definition) is 2. The van der Waals surface area contributed by atoms with Crippen LogP contribution in [0.4, 0.5) is 0 Å². The molecule has 0 aliphatic heterocycles. The first kappa shape index (κ1) is 16.7. The molecule has 0 atom stereocenters. The molecule has 0 spiro atoms. The van der Waals surface area contributed by atoms with Crippen LogP contribution in [0.5, 0.6) is 0 Å². The SMILES string of the molecule is CCCCC(CCCC)(OCC(O)=S)C(O)=S. The van der Waals surface area contributed by atoms with E-state index in [1.54, 1.807) is 0 Å². The summed E-state index contributed by atoms with van der Waals surface area (Å²) in [6.07, 6.45) is 5.18. The molecule has 0 heterocycles. The second-order valence-corrected chi connectivity index (χ2v) is 5.05. The van der Waals surface area contributed by atoms with E-state index in [4.69, 9.17) is 22.1 Å². The minimum atomic E-state index is -0.825. The van der Waals surface area contributed by atoms with Crippen LogP contribution >= 0.6 is 24.4 Å². The monoisotopic (exact) mass is 278 g/mol. The Labute approximate surface area is 114 Å². The van der Waals surface area contributed by atoms with Crippen molar-refractivity contribution in [2.45, 2.75) is 58.0 Å². The maximum atomic E-state index is 9.71. The predicted octanol–water partition coefficient (Wildman–Crippen LogP) is 3.89. The Morgan fingerprint density at radius 2 is 1.53 bits per heavy atom. The molecule has 0 saturated heterocycles. The quantitative estimate of drug-likeness (QED) is 0.594. The Morgan fingerprint density at radius 3 is 1.82 bits per heavy atom. The molecule has 0 aliphatic carbocycles. The molecule has 0 amide bonds. The van der Waals surface area contributed by atoms with Crippen molar-refractivity contribution in [3.05, 3.63) is 0 Å². The first-order valence-electron chi connectivity index (χ1n) is 6.07. The van der Waals surface area contributed by atoms with Gasteiger partial charge in [-0.3, -0.25) is 0 Å². The largest absolute Gasteiger partial charge is 0.500 e. The molecule has 0 bridgehead atoms. The molecule has 5 heteroatoms. The van der Waals surface area contributed by atoms with Gasteiger partial charge >= 0.3 is 0 Å². The van der Waals surface area contributed by atoms with Gasteiger partial charge in [-0.1, -0.05) is 39.5 Å². The van der Waals surface area contributed by atoms with Crippen LogP contribution < -0.4 is 0 Å². The van der Waals surface area contributed by atoms with Crippen LogP contribution in [0, 0.1) is 0 Å². The fourth-order valence-electron chi connectivity index (χ4n) is 1.67. The van der Waals surface area contributed by atoms with E-state index in [1.807, 2.05) is 0 Å². The molecule has 0 saturated carbocycles. The third-order valence-electron chi connectivity index (χ3n) is 2.73. The molecule has 17 heavy (non-hydrogen) atoms. The van der Waals surface area contributed by atoms with E-state index in [0.717, 1.165) is 25.7 Å². The minimum absolute atomic E-state index is 0.0521. The van der Waals surface area contributed by atoms with Crippen molar-refractivity contribution < 1.29 is 14.9 Å². The van der Waals surface area contributed by atoms with E-state index < -0.39 is 5.60 Å². The molecular weight excluding hydrogens is 256 g/mol. The summed E-state index contributed by atoms with van der Waals surface area (Å²) in [4.78, 5) is 0. The molecule has 3 nitrogen and oxygen atoms in total. The molecule has 0 aliphatic rings. The lowest BCUT2D eigenvalue weighted by Gasteiger charge is -2.31. The number of ether oxygens (including phenoxy) is 1. The van der Waals surface area contributed by atoms with Gasteiger partial charge in [0.2, 0.25) is 0 Å². The molecule has 0 rings (SSSR count). The number of unbranched alkanes of at least 4 members (excludes halogenated alkanes) is 2. The Balaban J connectivity index is 4.68. The Hall–Kier alpha value is -0.260. The highest BCUT2D eigenvalue weighted by molar-refractivity contribution is 7.80. The summed E-state index contributed by atoms with van der Waals surface area (Å²) in [6, 6.07) is 0. The summed E-state index contributed by atoms with van der Waals surface area (Å²) < 4.78 is 5.57. The fraction of sp³-hybridized carbons (Fsp3) is 0.833. The van der Waals surface area contributed by atoms with Gasteiger partial charge in [0.1, 0.15) is 12.2 Å². The summed E-state index contributed by atoms with van der Waals surface area (Å²) in [5.74, 6) is 0. The summed E-state index contributed by atoms with van der Waals surface area (Å²) >= 11 is 9.49. The number of aliphatic hydroxyl groups is 2. The normalized spacial score (nSPS) is 11.4. The third-order valence-corrected chi connectivity index (χ3v) is 3.22. The van der Waals surface area contributed by atoms with Crippen molar-refractivity contribution in [3.8, 4) is 0 Å². The minimum Gasteiger partial charge on any atom is -0.500 e. The average Bonchev–Trinajstić information content (AvgIpc) is 2.28. The summed E-state index contributed by atoms with van der Waals surface area (Å²) in [6.45, 7) is 4.09. The molecule has 0 aromatic heterocycles. The fourth-order valence-corrected chi connectivity index (χ4v) is 1.99. The molecule has 0 fully saturated rings. The van der Waals surface area contributed by atoms with Crippen LogP contribution in [0.2, 0.25) is 0 Å². The standard InChI is InChI=1S/C12H22O3S2/c1-3-5-7-12(11(14)17,8-6-4-2)15-9-10(13)16/h3-9H2,1-2H3,(H,13,16)(H,14,17).